The van der Waals surface area contributed by atoms with Crippen LogP contribution in [0.15, 0.2) is 36.7 Å². The van der Waals surface area contributed by atoms with Gasteiger partial charge < -0.3 is 10.2 Å². The quantitative estimate of drug-likeness (QED) is 0.753. The Bertz CT molecular complexity index is 642. The van der Waals surface area contributed by atoms with Gasteiger partial charge in [-0.2, -0.15) is 0 Å². The second-order valence-corrected chi connectivity index (χ2v) is 5.54. The van der Waals surface area contributed by atoms with Crippen LogP contribution in [0.4, 0.5) is 0 Å². The number of phenols is 1. The molecule has 0 unspecified atom stereocenters. The molecule has 0 aliphatic heterocycles. The molecule has 0 saturated carbocycles. The van der Waals surface area contributed by atoms with E-state index in [1.165, 1.54) is 24.5 Å². The van der Waals surface area contributed by atoms with Crippen molar-refractivity contribution in [3.05, 3.63) is 57.8 Å². The molecule has 1 aromatic carbocycles. The molecule has 0 aliphatic rings. The summed E-state index contributed by atoms with van der Waals surface area (Å²) in [7, 11) is 0. The second-order valence-electron chi connectivity index (χ2n) is 4.72. The Hall–Kier alpha value is -1.82. The second kappa shape index (κ2) is 7.45. The molecule has 0 radical (unpaired) electrons. The lowest BCUT2D eigenvalue weighted by Crippen LogP contribution is -2.38. The number of phenolic OH excluding ortho intramolecular Hbond substituents is 1. The van der Waals surface area contributed by atoms with Crippen LogP contribution in [0, 0.1) is 0 Å². The first kappa shape index (κ1) is 16.5. The molecule has 22 heavy (non-hydrogen) atoms. The summed E-state index contributed by atoms with van der Waals surface area (Å²) in [4.78, 5) is 15.2. The summed E-state index contributed by atoms with van der Waals surface area (Å²) in [5.74, 6) is -0.840. The number of carboxylic acids is 1. The van der Waals surface area contributed by atoms with Crippen LogP contribution in [0.1, 0.15) is 11.1 Å². The van der Waals surface area contributed by atoms with Crippen LogP contribution in [0.2, 0.25) is 10.0 Å². The smallest absolute Gasteiger partial charge is 0.321 e. The third-order valence-corrected chi connectivity index (χ3v) is 3.80. The van der Waals surface area contributed by atoms with Crippen LogP contribution in [-0.2, 0) is 17.8 Å². The molecule has 0 spiro atoms. The summed E-state index contributed by atoms with van der Waals surface area (Å²) in [6.07, 6.45) is 3.19. The van der Waals surface area contributed by atoms with Gasteiger partial charge in [-0.1, -0.05) is 35.3 Å². The van der Waals surface area contributed by atoms with Crippen molar-refractivity contribution in [2.24, 2.45) is 0 Å². The van der Waals surface area contributed by atoms with E-state index in [0.29, 0.717) is 15.6 Å². The van der Waals surface area contributed by atoms with Crippen LogP contribution < -0.4 is 5.32 Å². The molecule has 0 amide bonds. The first-order chi connectivity index (χ1) is 10.5. The number of aromatic hydroxyl groups is 1. The van der Waals surface area contributed by atoms with Crippen LogP contribution in [0.5, 0.6) is 5.75 Å². The maximum Gasteiger partial charge on any atom is 0.321 e. The zero-order valence-electron chi connectivity index (χ0n) is 11.5. The van der Waals surface area contributed by atoms with E-state index >= 15 is 0 Å². The van der Waals surface area contributed by atoms with Gasteiger partial charge >= 0.3 is 5.97 Å². The number of hydrogen-bond donors (Lipinski definition) is 3. The van der Waals surface area contributed by atoms with Crippen molar-refractivity contribution >= 4 is 29.2 Å². The fourth-order valence-corrected chi connectivity index (χ4v) is 2.45. The fourth-order valence-electron chi connectivity index (χ4n) is 1.95. The molecule has 0 bridgehead atoms. The van der Waals surface area contributed by atoms with E-state index in [9.17, 15) is 15.0 Å². The highest BCUT2D eigenvalue weighted by Crippen LogP contribution is 2.22. The highest BCUT2D eigenvalue weighted by molar-refractivity contribution is 6.35. The predicted octanol–water partition coefficient (Wildman–Crippen LogP) is 2.88. The molecule has 1 atom stereocenters. The number of carboxylic acid groups (broad SMARTS) is 1. The van der Waals surface area contributed by atoms with Gasteiger partial charge in [0.1, 0.15) is 11.8 Å². The number of nitrogens with zero attached hydrogens (tertiary/aromatic N) is 1. The number of benzene rings is 1. The number of pyridine rings is 1. The number of aliphatic carboxylic acids is 1. The van der Waals surface area contributed by atoms with Gasteiger partial charge in [-0.3, -0.25) is 15.1 Å². The van der Waals surface area contributed by atoms with Crippen LogP contribution in [0.3, 0.4) is 0 Å². The minimum Gasteiger partial charge on any atom is -0.508 e. The van der Waals surface area contributed by atoms with E-state index in [1.54, 1.807) is 12.1 Å². The molecule has 2 aromatic rings. The largest absolute Gasteiger partial charge is 0.508 e. The van der Waals surface area contributed by atoms with Crippen molar-refractivity contribution in [3.8, 4) is 5.75 Å². The number of nitrogens with one attached hydrogen (secondary N) is 1. The molecule has 0 aliphatic carbocycles. The van der Waals surface area contributed by atoms with Gasteiger partial charge in [-0.15, -0.1) is 0 Å². The molecule has 7 heteroatoms. The van der Waals surface area contributed by atoms with Crippen LogP contribution in [-0.4, -0.2) is 27.2 Å². The molecule has 3 N–H and O–H groups in total. The zero-order valence-corrected chi connectivity index (χ0v) is 13.0. The van der Waals surface area contributed by atoms with E-state index in [0.717, 1.165) is 5.56 Å². The summed E-state index contributed by atoms with van der Waals surface area (Å²) < 4.78 is 0. The normalized spacial score (nSPS) is 12.1. The number of rotatable bonds is 6. The number of carbonyl (C=O) groups is 1. The molecule has 1 aromatic heterocycles. The molecule has 0 saturated heterocycles. The Morgan fingerprint density at radius 1 is 1.18 bits per heavy atom. The lowest BCUT2D eigenvalue weighted by molar-refractivity contribution is -0.139. The highest BCUT2D eigenvalue weighted by atomic mass is 35.5. The molecule has 0 fully saturated rings. The lowest BCUT2D eigenvalue weighted by atomic mass is 10.1. The highest BCUT2D eigenvalue weighted by Gasteiger charge is 2.18. The number of hydrogen-bond acceptors (Lipinski definition) is 4. The average Bonchev–Trinajstić information content (AvgIpc) is 2.47. The first-order valence-corrected chi connectivity index (χ1v) is 7.25. The fraction of sp³-hybridized carbons (Fsp3) is 0.200. The third kappa shape index (κ3) is 4.34. The first-order valence-electron chi connectivity index (χ1n) is 6.49. The summed E-state index contributed by atoms with van der Waals surface area (Å²) in [6.45, 7) is 0.217. The Labute approximate surface area is 137 Å². The summed E-state index contributed by atoms with van der Waals surface area (Å²) in [5, 5.41) is 22.2. The Kier molecular flexibility index (Phi) is 5.60. The monoisotopic (exact) mass is 340 g/mol. The molecule has 1 heterocycles. The van der Waals surface area contributed by atoms with Gasteiger partial charge in [-0.05, 0) is 24.1 Å². The van der Waals surface area contributed by atoms with Gasteiger partial charge in [0.05, 0.1) is 10.0 Å². The molecule has 116 valence electrons. The van der Waals surface area contributed by atoms with Gasteiger partial charge in [0.25, 0.3) is 0 Å². The van der Waals surface area contributed by atoms with E-state index in [1.807, 2.05) is 0 Å². The Balaban J connectivity index is 2.06. The van der Waals surface area contributed by atoms with Gasteiger partial charge in [-0.25, -0.2) is 0 Å². The van der Waals surface area contributed by atoms with E-state index < -0.39 is 12.0 Å². The van der Waals surface area contributed by atoms with Crippen molar-refractivity contribution in [2.75, 3.05) is 0 Å². The van der Waals surface area contributed by atoms with E-state index in [2.05, 4.69) is 10.3 Å². The minimum atomic E-state index is -0.977. The standard InChI is InChI=1S/C15H14Cl2N2O3/c16-12-7-18-8-13(17)11(12)6-19-14(15(21)22)5-9-1-3-10(20)4-2-9/h1-4,7-8,14,19-20H,5-6H2,(H,21,22)/t14-/m0/s1. The van der Waals surface area contributed by atoms with E-state index in [-0.39, 0.29) is 18.7 Å². The molecular formula is C15H14Cl2N2O3. The average molecular weight is 341 g/mol. The number of aromatic nitrogens is 1. The van der Waals surface area contributed by atoms with Crippen LogP contribution >= 0.6 is 23.2 Å². The molecular weight excluding hydrogens is 327 g/mol. The minimum absolute atomic E-state index is 0.138. The van der Waals surface area contributed by atoms with Gasteiger partial charge in [0.15, 0.2) is 0 Å². The summed E-state index contributed by atoms with van der Waals surface area (Å²) in [5.41, 5.74) is 1.40. The van der Waals surface area contributed by atoms with E-state index in [4.69, 9.17) is 23.2 Å². The lowest BCUT2D eigenvalue weighted by Gasteiger charge is -2.16. The topological polar surface area (TPSA) is 82.5 Å². The van der Waals surface area contributed by atoms with Gasteiger partial charge in [0.2, 0.25) is 0 Å². The SMILES string of the molecule is O=C(O)[C@H](Cc1ccc(O)cc1)NCc1c(Cl)cncc1Cl. The van der Waals surface area contributed by atoms with Gasteiger partial charge in [0, 0.05) is 24.5 Å². The number of halogens is 2. The zero-order chi connectivity index (χ0) is 16.1. The van der Waals surface area contributed by atoms with Crippen molar-refractivity contribution in [1.29, 1.82) is 0 Å². The van der Waals surface area contributed by atoms with Crippen molar-refractivity contribution in [1.82, 2.24) is 10.3 Å². The molecule has 2 rings (SSSR count). The predicted molar refractivity (Wildman–Crippen MR) is 84.3 cm³/mol. The van der Waals surface area contributed by atoms with Crippen molar-refractivity contribution < 1.29 is 15.0 Å². The summed E-state index contributed by atoms with van der Waals surface area (Å²) in [6, 6.07) is 5.60. The Morgan fingerprint density at radius 2 is 1.77 bits per heavy atom. The van der Waals surface area contributed by atoms with Crippen molar-refractivity contribution in [3.63, 3.8) is 0 Å². The third-order valence-electron chi connectivity index (χ3n) is 3.15. The molecule has 5 nitrogen and oxygen atoms in total. The summed E-state index contributed by atoms with van der Waals surface area (Å²) >= 11 is 12.0. The van der Waals surface area contributed by atoms with Crippen molar-refractivity contribution in [2.45, 2.75) is 19.0 Å². The maximum atomic E-state index is 11.4. The van der Waals surface area contributed by atoms with Crippen LogP contribution in [0.25, 0.3) is 0 Å². The Morgan fingerprint density at radius 3 is 2.32 bits per heavy atom. The maximum absolute atomic E-state index is 11.4.